The largest absolute Gasteiger partial charge is 0.330 e. The van der Waals surface area contributed by atoms with Gasteiger partial charge in [0.15, 0.2) is 11.6 Å². The van der Waals surface area contributed by atoms with Crippen molar-refractivity contribution in [3.63, 3.8) is 0 Å². The van der Waals surface area contributed by atoms with Crippen LogP contribution in [0.3, 0.4) is 0 Å². The van der Waals surface area contributed by atoms with Gasteiger partial charge in [0.2, 0.25) is 0 Å². The summed E-state index contributed by atoms with van der Waals surface area (Å²) in [7, 11) is 0. The molecule has 2 N–H and O–H groups in total. The van der Waals surface area contributed by atoms with Crippen LogP contribution in [0.25, 0.3) is 11.6 Å². The standard InChI is InChI=1S/C14H19N5/c1-3-11-10(6-7-15)12(4-2)19-14(18-11)13-16-8-5-9-17-13/h5,8-9H,3-4,6-7,15H2,1-2H3. The van der Waals surface area contributed by atoms with E-state index in [-0.39, 0.29) is 0 Å². The number of hydrogen-bond acceptors (Lipinski definition) is 5. The lowest BCUT2D eigenvalue weighted by atomic mass is 10.0. The van der Waals surface area contributed by atoms with Gasteiger partial charge >= 0.3 is 0 Å². The van der Waals surface area contributed by atoms with Crippen molar-refractivity contribution in [3.05, 3.63) is 35.4 Å². The molecular formula is C14H19N5. The summed E-state index contributed by atoms with van der Waals surface area (Å²) >= 11 is 0. The van der Waals surface area contributed by atoms with Crippen LogP contribution in [0, 0.1) is 0 Å². The Bertz CT molecular complexity index is 514. The summed E-state index contributed by atoms with van der Waals surface area (Å²) in [6, 6.07) is 1.79. The average molecular weight is 257 g/mol. The molecule has 0 aliphatic rings. The maximum absolute atomic E-state index is 5.68. The van der Waals surface area contributed by atoms with E-state index in [0.717, 1.165) is 30.7 Å². The van der Waals surface area contributed by atoms with E-state index in [1.165, 1.54) is 5.56 Å². The second-order valence-electron chi connectivity index (χ2n) is 4.24. The minimum Gasteiger partial charge on any atom is -0.330 e. The third-order valence-electron chi connectivity index (χ3n) is 3.01. The normalized spacial score (nSPS) is 10.7. The Morgan fingerprint density at radius 2 is 1.53 bits per heavy atom. The van der Waals surface area contributed by atoms with Crippen molar-refractivity contribution in [1.29, 1.82) is 0 Å². The summed E-state index contributed by atoms with van der Waals surface area (Å²) in [4.78, 5) is 17.6. The van der Waals surface area contributed by atoms with Gasteiger partial charge in [-0.1, -0.05) is 13.8 Å². The van der Waals surface area contributed by atoms with E-state index in [9.17, 15) is 0 Å². The minimum absolute atomic E-state index is 0.575. The molecule has 0 fully saturated rings. The van der Waals surface area contributed by atoms with E-state index < -0.39 is 0 Å². The van der Waals surface area contributed by atoms with Crippen LogP contribution in [-0.2, 0) is 19.3 Å². The van der Waals surface area contributed by atoms with Gasteiger partial charge in [0.05, 0.1) is 0 Å². The summed E-state index contributed by atoms with van der Waals surface area (Å²) in [5.74, 6) is 1.18. The monoisotopic (exact) mass is 257 g/mol. The molecule has 0 aliphatic heterocycles. The molecule has 100 valence electrons. The van der Waals surface area contributed by atoms with Crippen LogP contribution in [0.4, 0.5) is 0 Å². The van der Waals surface area contributed by atoms with E-state index in [0.29, 0.717) is 18.2 Å². The maximum atomic E-state index is 5.68. The lowest BCUT2D eigenvalue weighted by Crippen LogP contribution is -2.12. The first-order valence-corrected chi connectivity index (χ1v) is 6.66. The molecule has 0 radical (unpaired) electrons. The topological polar surface area (TPSA) is 77.6 Å². The fourth-order valence-electron chi connectivity index (χ4n) is 2.11. The lowest BCUT2D eigenvalue weighted by Gasteiger charge is -2.12. The van der Waals surface area contributed by atoms with Gasteiger partial charge < -0.3 is 5.73 Å². The van der Waals surface area contributed by atoms with Crippen LogP contribution in [0.2, 0.25) is 0 Å². The summed E-state index contributed by atoms with van der Waals surface area (Å²) in [5.41, 5.74) is 8.97. The van der Waals surface area contributed by atoms with E-state index in [1.54, 1.807) is 18.5 Å². The van der Waals surface area contributed by atoms with Crippen LogP contribution >= 0.6 is 0 Å². The van der Waals surface area contributed by atoms with Gasteiger partial charge in [0, 0.05) is 23.8 Å². The second kappa shape index (κ2) is 6.33. The Kier molecular flexibility index (Phi) is 4.52. The van der Waals surface area contributed by atoms with Gasteiger partial charge in [0.25, 0.3) is 0 Å². The van der Waals surface area contributed by atoms with Gasteiger partial charge in [-0.2, -0.15) is 0 Å². The third kappa shape index (κ3) is 2.93. The van der Waals surface area contributed by atoms with Crippen molar-refractivity contribution in [1.82, 2.24) is 19.9 Å². The smallest absolute Gasteiger partial charge is 0.198 e. The van der Waals surface area contributed by atoms with Crippen molar-refractivity contribution < 1.29 is 0 Å². The predicted molar refractivity (Wildman–Crippen MR) is 74.6 cm³/mol. The first kappa shape index (κ1) is 13.5. The molecule has 0 unspecified atom stereocenters. The molecule has 5 heteroatoms. The molecule has 5 nitrogen and oxygen atoms in total. The van der Waals surface area contributed by atoms with E-state index in [1.807, 2.05) is 0 Å². The molecule has 0 atom stereocenters. The molecule has 19 heavy (non-hydrogen) atoms. The Morgan fingerprint density at radius 3 is 2.00 bits per heavy atom. The van der Waals surface area contributed by atoms with Crippen LogP contribution < -0.4 is 5.73 Å². The number of nitrogens with zero attached hydrogens (tertiary/aromatic N) is 4. The lowest BCUT2D eigenvalue weighted by molar-refractivity contribution is 0.839. The van der Waals surface area contributed by atoms with E-state index in [2.05, 4.69) is 33.8 Å². The maximum Gasteiger partial charge on any atom is 0.198 e. The fourth-order valence-corrected chi connectivity index (χ4v) is 2.11. The van der Waals surface area contributed by atoms with Crippen molar-refractivity contribution in [3.8, 4) is 11.6 Å². The van der Waals surface area contributed by atoms with Crippen molar-refractivity contribution >= 4 is 0 Å². The van der Waals surface area contributed by atoms with Crippen LogP contribution in [-0.4, -0.2) is 26.5 Å². The molecule has 0 saturated heterocycles. The number of nitrogens with two attached hydrogens (primary N) is 1. The Balaban J connectivity index is 2.53. The zero-order chi connectivity index (χ0) is 13.7. The number of aromatic nitrogens is 4. The molecule has 0 saturated carbocycles. The van der Waals surface area contributed by atoms with Crippen molar-refractivity contribution in [2.24, 2.45) is 5.73 Å². The third-order valence-corrected chi connectivity index (χ3v) is 3.01. The highest BCUT2D eigenvalue weighted by molar-refractivity contribution is 5.45. The van der Waals surface area contributed by atoms with Gasteiger partial charge in [-0.25, -0.2) is 19.9 Å². The summed E-state index contributed by atoms with van der Waals surface area (Å²) in [5, 5.41) is 0. The SMILES string of the molecule is CCc1nc(-c2ncccn2)nc(CC)c1CCN. The highest BCUT2D eigenvalue weighted by Crippen LogP contribution is 2.18. The molecular weight excluding hydrogens is 238 g/mol. The zero-order valence-corrected chi connectivity index (χ0v) is 11.4. The van der Waals surface area contributed by atoms with Crippen LogP contribution in [0.1, 0.15) is 30.8 Å². The number of rotatable bonds is 5. The van der Waals surface area contributed by atoms with Gasteiger partial charge in [-0.15, -0.1) is 0 Å². The first-order chi connectivity index (χ1) is 9.30. The molecule has 2 aromatic heterocycles. The summed E-state index contributed by atoms with van der Waals surface area (Å²) < 4.78 is 0. The second-order valence-corrected chi connectivity index (χ2v) is 4.24. The Hall–Kier alpha value is -1.88. The minimum atomic E-state index is 0.575. The molecule has 0 amide bonds. The summed E-state index contributed by atoms with van der Waals surface area (Å²) in [6.45, 7) is 4.80. The quantitative estimate of drug-likeness (QED) is 0.879. The Labute approximate surface area is 113 Å². The molecule has 0 aromatic carbocycles. The van der Waals surface area contributed by atoms with Gasteiger partial charge in [-0.3, -0.25) is 0 Å². The Morgan fingerprint density at radius 1 is 0.947 bits per heavy atom. The van der Waals surface area contributed by atoms with E-state index in [4.69, 9.17) is 5.73 Å². The number of hydrogen-bond donors (Lipinski definition) is 1. The highest BCUT2D eigenvalue weighted by Gasteiger charge is 2.13. The van der Waals surface area contributed by atoms with Gasteiger partial charge in [-0.05, 0) is 37.4 Å². The predicted octanol–water partition coefficient (Wildman–Crippen LogP) is 1.56. The zero-order valence-electron chi connectivity index (χ0n) is 11.4. The summed E-state index contributed by atoms with van der Waals surface area (Å²) in [6.07, 6.45) is 5.96. The van der Waals surface area contributed by atoms with Crippen LogP contribution in [0.15, 0.2) is 18.5 Å². The molecule has 0 aliphatic carbocycles. The molecule has 2 heterocycles. The van der Waals surface area contributed by atoms with Crippen LogP contribution in [0.5, 0.6) is 0 Å². The van der Waals surface area contributed by atoms with Crippen molar-refractivity contribution in [2.75, 3.05) is 6.54 Å². The van der Waals surface area contributed by atoms with Gasteiger partial charge in [0.1, 0.15) is 0 Å². The molecule has 0 bridgehead atoms. The average Bonchev–Trinajstić information content (AvgIpc) is 2.48. The highest BCUT2D eigenvalue weighted by atomic mass is 15.0. The first-order valence-electron chi connectivity index (χ1n) is 6.66. The van der Waals surface area contributed by atoms with E-state index >= 15 is 0 Å². The molecule has 0 spiro atoms. The van der Waals surface area contributed by atoms with Crippen molar-refractivity contribution in [2.45, 2.75) is 33.1 Å². The number of aryl methyl sites for hydroxylation is 2. The molecule has 2 rings (SSSR count). The fraction of sp³-hybridized carbons (Fsp3) is 0.429. The molecule has 2 aromatic rings.